The van der Waals surface area contributed by atoms with Gasteiger partial charge < -0.3 is 14.8 Å². The van der Waals surface area contributed by atoms with Gasteiger partial charge in [-0.15, -0.1) is 6.42 Å². The molecule has 0 radical (unpaired) electrons. The lowest BCUT2D eigenvalue weighted by Crippen LogP contribution is -2.41. The summed E-state index contributed by atoms with van der Waals surface area (Å²) in [4.78, 5) is 12.5. The molecule has 1 amide bonds. The van der Waals surface area contributed by atoms with Gasteiger partial charge in [0.1, 0.15) is 18.2 Å². The zero-order valence-electron chi connectivity index (χ0n) is 15.5. The minimum atomic E-state index is -0.348. The van der Waals surface area contributed by atoms with E-state index in [4.69, 9.17) is 15.9 Å². The number of amides is 1. The zero-order valence-corrected chi connectivity index (χ0v) is 17.1. The van der Waals surface area contributed by atoms with Crippen LogP contribution in [0.4, 0.5) is 0 Å². The Bertz CT molecular complexity index is 805. The number of terminal acetylenes is 1. The second-order valence-corrected chi connectivity index (χ2v) is 7.39. The molecule has 1 aromatic rings. The molecular formula is C21H23BrN2O3. The standard InChI is InChI=1S/C21H23BrN2O3/c1-4-9-27-20-17(22)11-15(12-19(20)26-3)10-16(13-23)21(25)24-18-8-6-5-7-14(18)2/h1,10-12,14,18H,5-9H2,2-3H3,(H,24,25)/b16-10+/t14-,18+/m0/s1. The Balaban J connectivity index is 2.23. The first-order valence-corrected chi connectivity index (χ1v) is 9.66. The SMILES string of the molecule is C#CCOc1c(Br)cc(/C=C(\C#N)C(=O)N[C@@H]2CCCC[C@@H]2C)cc1OC. The van der Waals surface area contributed by atoms with E-state index in [1.165, 1.54) is 13.5 Å². The number of nitriles is 1. The van der Waals surface area contributed by atoms with Crippen molar-refractivity contribution in [1.82, 2.24) is 5.32 Å². The van der Waals surface area contributed by atoms with Gasteiger partial charge in [0, 0.05) is 6.04 Å². The van der Waals surface area contributed by atoms with Crippen LogP contribution < -0.4 is 14.8 Å². The number of carbonyl (C=O) groups is 1. The lowest BCUT2D eigenvalue weighted by Gasteiger charge is -2.29. The number of rotatable bonds is 6. The van der Waals surface area contributed by atoms with Crippen LogP contribution in [-0.4, -0.2) is 25.7 Å². The average molecular weight is 431 g/mol. The van der Waals surface area contributed by atoms with E-state index >= 15 is 0 Å². The number of ether oxygens (including phenoxy) is 2. The summed E-state index contributed by atoms with van der Waals surface area (Å²) in [6.07, 6.45) is 11.1. The Labute approximate surface area is 168 Å². The molecule has 142 valence electrons. The molecule has 1 fully saturated rings. The van der Waals surface area contributed by atoms with Gasteiger partial charge in [0.25, 0.3) is 5.91 Å². The maximum atomic E-state index is 12.5. The summed E-state index contributed by atoms with van der Waals surface area (Å²) in [7, 11) is 1.51. The number of hydrogen-bond donors (Lipinski definition) is 1. The van der Waals surface area contributed by atoms with Gasteiger partial charge in [0.2, 0.25) is 0 Å². The first-order valence-electron chi connectivity index (χ1n) is 8.86. The summed E-state index contributed by atoms with van der Waals surface area (Å²) in [5.74, 6) is 3.41. The normalized spacial score (nSPS) is 19.5. The molecule has 2 rings (SSSR count). The molecule has 0 heterocycles. The summed E-state index contributed by atoms with van der Waals surface area (Å²) in [5, 5.41) is 12.5. The van der Waals surface area contributed by atoms with Gasteiger partial charge in [-0.25, -0.2) is 0 Å². The van der Waals surface area contributed by atoms with Crippen molar-refractivity contribution in [2.75, 3.05) is 13.7 Å². The maximum Gasteiger partial charge on any atom is 0.262 e. The largest absolute Gasteiger partial charge is 0.493 e. The van der Waals surface area contributed by atoms with Crippen molar-refractivity contribution in [3.8, 4) is 29.9 Å². The van der Waals surface area contributed by atoms with Crippen molar-refractivity contribution in [3.05, 3.63) is 27.7 Å². The number of benzene rings is 1. The third kappa shape index (κ3) is 5.52. The molecule has 2 atom stereocenters. The van der Waals surface area contributed by atoms with Crippen LogP contribution in [0.15, 0.2) is 22.2 Å². The highest BCUT2D eigenvalue weighted by Crippen LogP contribution is 2.37. The molecule has 0 unspecified atom stereocenters. The Morgan fingerprint density at radius 2 is 2.19 bits per heavy atom. The van der Waals surface area contributed by atoms with Crippen molar-refractivity contribution in [1.29, 1.82) is 5.26 Å². The fourth-order valence-electron chi connectivity index (χ4n) is 3.17. The fourth-order valence-corrected chi connectivity index (χ4v) is 3.74. The van der Waals surface area contributed by atoms with Crippen LogP contribution in [0, 0.1) is 29.6 Å². The summed E-state index contributed by atoms with van der Waals surface area (Å²) < 4.78 is 11.4. The van der Waals surface area contributed by atoms with Crippen molar-refractivity contribution >= 4 is 27.9 Å². The molecule has 0 saturated heterocycles. The van der Waals surface area contributed by atoms with Crippen LogP contribution in [0.5, 0.6) is 11.5 Å². The summed E-state index contributed by atoms with van der Waals surface area (Å²) in [5.41, 5.74) is 0.703. The average Bonchev–Trinajstić information content (AvgIpc) is 2.66. The molecule has 1 aromatic carbocycles. The first-order chi connectivity index (χ1) is 13.0. The Kier molecular flexibility index (Phi) is 7.76. The molecule has 1 N–H and O–H groups in total. The minimum absolute atomic E-state index is 0.0546. The van der Waals surface area contributed by atoms with Crippen molar-refractivity contribution in [3.63, 3.8) is 0 Å². The Morgan fingerprint density at radius 1 is 1.44 bits per heavy atom. The lowest BCUT2D eigenvalue weighted by molar-refractivity contribution is -0.118. The van der Waals surface area contributed by atoms with Gasteiger partial charge in [-0.2, -0.15) is 5.26 Å². The van der Waals surface area contributed by atoms with E-state index in [1.54, 1.807) is 18.2 Å². The molecule has 0 bridgehead atoms. The molecule has 0 spiro atoms. The van der Waals surface area contributed by atoms with E-state index in [0.29, 0.717) is 27.5 Å². The van der Waals surface area contributed by atoms with Crippen LogP contribution in [-0.2, 0) is 4.79 Å². The zero-order chi connectivity index (χ0) is 19.8. The minimum Gasteiger partial charge on any atom is -0.493 e. The van der Waals surface area contributed by atoms with Gasteiger partial charge in [-0.1, -0.05) is 25.7 Å². The molecular weight excluding hydrogens is 408 g/mol. The number of methoxy groups -OCH3 is 1. The Hall–Kier alpha value is -2.44. The number of halogens is 1. The van der Waals surface area contributed by atoms with E-state index in [1.807, 2.05) is 6.07 Å². The quantitative estimate of drug-likeness (QED) is 0.419. The highest BCUT2D eigenvalue weighted by Gasteiger charge is 2.24. The monoisotopic (exact) mass is 430 g/mol. The van der Waals surface area contributed by atoms with Crippen molar-refractivity contribution in [2.24, 2.45) is 5.92 Å². The van der Waals surface area contributed by atoms with Crippen molar-refractivity contribution < 1.29 is 14.3 Å². The number of nitrogens with zero attached hydrogens (tertiary/aromatic N) is 1. The molecule has 1 saturated carbocycles. The number of nitrogens with one attached hydrogen (secondary N) is 1. The van der Waals surface area contributed by atoms with Gasteiger partial charge in [-0.05, 0) is 58.5 Å². The number of carbonyl (C=O) groups excluding carboxylic acids is 1. The van der Waals surface area contributed by atoms with Gasteiger partial charge >= 0.3 is 0 Å². The summed E-state index contributed by atoms with van der Waals surface area (Å²) >= 11 is 3.42. The van der Waals surface area contributed by atoms with E-state index in [0.717, 1.165) is 19.3 Å². The predicted octanol–water partition coefficient (Wildman–Crippen LogP) is 4.07. The predicted molar refractivity (Wildman–Crippen MR) is 108 cm³/mol. The van der Waals surface area contributed by atoms with Crippen LogP contribution in [0.2, 0.25) is 0 Å². The Morgan fingerprint density at radius 3 is 2.81 bits per heavy atom. The van der Waals surface area contributed by atoms with E-state index in [-0.39, 0.29) is 24.1 Å². The van der Waals surface area contributed by atoms with Crippen LogP contribution in [0.3, 0.4) is 0 Å². The first kappa shape index (κ1) is 20.9. The maximum absolute atomic E-state index is 12.5. The second kappa shape index (κ2) is 10.0. The fraction of sp³-hybridized carbons (Fsp3) is 0.429. The topological polar surface area (TPSA) is 71.3 Å². The highest BCUT2D eigenvalue weighted by atomic mass is 79.9. The number of hydrogen-bond acceptors (Lipinski definition) is 4. The molecule has 1 aliphatic carbocycles. The summed E-state index contributed by atoms with van der Waals surface area (Å²) in [6, 6.07) is 5.56. The second-order valence-electron chi connectivity index (χ2n) is 6.54. The van der Waals surface area contributed by atoms with Crippen LogP contribution in [0.1, 0.15) is 38.2 Å². The van der Waals surface area contributed by atoms with Crippen LogP contribution >= 0.6 is 15.9 Å². The van der Waals surface area contributed by atoms with Crippen molar-refractivity contribution in [2.45, 2.75) is 38.6 Å². The van der Waals surface area contributed by atoms with Gasteiger partial charge in [-0.3, -0.25) is 4.79 Å². The lowest BCUT2D eigenvalue weighted by atomic mass is 9.86. The smallest absolute Gasteiger partial charge is 0.262 e. The molecule has 0 aromatic heterocycles. The van der Waals surface area contributed by atoms with E-state index < -0.39 is 0 Å². The molecule has 0 aliphatic heterocycles. The van der Waals surface area contributed by atoms with Gasteiger partial charge in [0.05, 0.1) is 11.6 Å². The van der Waals surface area contributed by atoms with E-state index in [2.05, 4.69) is 34.1 Å². The molecule has 5 nitrogen and oxygen atoms in total. The molecule has 6 heteroatoms. The highest BCUT2D eigenvalue weighted by molar-refractivity contribution is 9.10. The third-order valence-electron chi connectivity index (χ3n) is 4.66. The third-order valence-corrected chi connectivity index (χ3v) is 5.24. The summed E-state index contributed by atoms with van der Waals surface area (Å²) in [6.45, 7) is 2.24. The molecule has 27 heavy (non-hydrogen) atoms. The molecule has 1 aliphatic rings. The van der Waals surface area contributed by atoms with Crippen LogP contribution in [0.25, 0.3) is 6.08 Å². The van der Waals surface area contributed by atoms with Gasteiger partial charge in [0.15, 0.2) is 11.5 Å². The van der Waals surface area contributed by atoms with E-state index in [9.17, 15) is 10.1 Å².